The molecule has 0 fully saturated rings. The van der Waals surface area contributed by atoms with Gasteiger partial charge in [0.15, 0.2) is 5.96 Å². The van der Waals surface area contributed by atoms with E-state index < -0.39 is 11.6 Å². The van der Waals surface area contributed by atoms with Gasteiger partial charge in [-0.25, -0.2) is 13.8 Å². The van der Waals surface area contributed by atoms with Crippen molar-refractivity contribution < 1.29 is 8.78 Å². The molecule has 138 valence electrons. The van der Waals surface area contributed by atoms with E-state index in [1.807, 2.05) is 13.0 Å². The van der Waals surface area contributed by atoms with Crippen molar-refractivity contribution in [3.05, 3.63) is 70.8 Å². The van der Waals surface area contributed by atoms with Gasteiger partial charge in [-0.05, 0) is 37.6 Å². The van der Waals surface area contributed by atoms with Crippen LogP contribution >= 0.6 is 24.0 Å². The van der Waals surface area contributed by atoms with E-state index in [1.165, 1.54) is 12.1 Å². The first-order valence-corrected chi connectivity index (χ1v) is 8.02. The van der Waals surface area contributed by atoms with Gasteiger partial charge in [0.2, 0.25) is 0 Å². The van der Waals surface area contributed by atoms with Crippen LogP contribution in [0.1, 0.15) is 36.6 Å². The lowest BCUT2D eigenvalue weighted by Gasteiger charge is -2.18. The summed E-state index contributed by atoms with van der Waals surface area (Å²) < 4.78 is 26.9. The summed E-state index contributed by atoms with van der Waals surface area (Å²) in [6.45, 7) is 4.72. The molecule has 26 heavy (non-hydrogen) atoms. The highest BCUT2D eigenvalue weighted by molar-refractivity contribution is 14.0. The Morgan fingerprint density at radius 2 is 2.00 bits per heavy atom. The van der Waals surface area contributed by atoms with E-state index >= 15 is 0 Å². The average molecular weight is 470 g/mol. The summed E-state index contributed by atoms with van der Waals surface area (Å²) in [4.78, 5) is 4.46. The van der Waals surface area contributed by atoms with Gasteiger partial charge in [0, 0.05) is 18.2 Å². The Labute approximate surface area is 169 Å². The molecule has 1 unspecified atom stereocenters. The quantitative estimate of drug-likeness (QED) is 0.390. The van der Waals surface area contributed by atoms with E-state index in [1.54, 1.807) is 25.1 Å². The fourth-order valence-electron chi connectivity index (χ4n) is 2.37. The van der Waals surface area contributed by atoms with E-state index in [4.69, 9.17) is 5.26 Å². The molecular formula is C19H21F2IN4. The molecule has 2 aromatic carbocycles. The third-order valence-electron chi connectivity index (χ3n) is 3.60. The van der Waals surface area contributed by atoms with E-state index in [0.717, 1.165) is 11.6 Å². The second-order valence-corrected chi connectivity index (χ2v) is 5.54. The topological polar surface area (TPSA) is 60.2 Å². The average Bonchev–Trinajstić information content (AvgIpc) is 2.60. The molecule has 0 spiro atoms. The molecule has 2 aromatic rings. The Morgan fingerprint density at radius 1 is 1.23 bits per heavy atom. The summed E-state index contributed by atoms with van der Waals surface area (Å²) in [6, 6.07) is 12.4. The number of nitrogens with one attached hydrogen (secondary N) is 2. The van der Waals surface area contributed by atoms with Crippen LogP contribution < -0.4 is 10.6 Å². The predicted octanol–water partition coefficient (Wildman–Crippen LogP) is 4.27. The summed E-state index contributed by atoms with van der Waals surface area (Å²) in [5.74, 6) is -0.690. The minimum Gasteiger partial charge on any atom is -0.357 e. The molecule has 0 aliphatic heterocycles. The number of nitriles is 1. The Hall–Kier alpha value is -2.21. The van der Waals surface area contributed by atoms with Crippen molar-refractivity contribution in [2.75, 3.05) is 6.54 Å². The van der Waals surface area contributed by atoms with Crippen LogP contribution in [0.4, 0.5) is 8.78 Å². The number of guanidine groups is 1. The molecule has 4 nitrogen and oxygen atoms in total. The molecule has 0 saturated carbocycles. The number of nitrogens with zero attached hydrogens (tertiary/aromatic N) is 2. The molecular weight excluding hydrogens is 449 g/mol. The fraction of sp³-hybridized carbons (Fsp3) is 0.263. The lowest BCUT2D eigenvalue weighted by Crippen LogP contribution is -2.39. The van der Waals surface area contributed by atoms with Crippen LogP contribution in [0.15, 0.2) is 47.5 Å². The number of aliphatic imine (C=N–C) groups is 1. The van der Waals surface area contributed by atoms with Gasteiger partial charge in [0.1, 0.15) is 11.6 Å². The third-order valence-corrected chi connectivity index (χ3v) is 3.60. The predicted molar refractivity (Wildman–Crippen MR) is 109 cm³/mol. The SMILES string of the molecule is CCNC(=NCc1cccc(C#N)c1)NC(C)c1ccc(F)cc1F.I. The van der Waals surface area contributed by atoms with Crippen LogP contribution in [0.3, 0.4) is 0 Å². The van der Waals surface area contributed by atoms with Crippen molar-refractivity contribution in [1.29, 1.82) is 5.26 Å². The van der Waals surface area contributed by atoms with Gasteiger partial charge in [0.25, 0.3) is 0 Å². The maximum Gasteiger partial charge on any atom is 0.192 e. The van der Waals surface area contributed by atoms with Crippen LogP contribution in [-0.2, 0) is 6.54 Å². The van der Waals surface area contributed by atoms with Crippen molar-refractivity contribution in [2.24, 2.45) is 4.99 Å². The second-order valence-electron chi connectivity index (χ2n) is 5.54. The Bertz CT molecular complexity index is 802. The zero-order valence-electron chi connectivity index (χ0n) is 14.6. The van der Waals surface area contributed by atoms with E-state index in [0.29, 0.717) is 30.2 Å². The number of hydrogen-bond donors (Lipinski definition) is 2. The molecule has 2 rings (SSSR count). The maximum absolute atomic E-state index is 13.9. The van der Waals surface area contributed by atoms with E-state index in [-0.39, 0.29) is 30.0 Å². The lowest BCUT2D eigenvalue weighted by molar-refractivity contribution is 0.551. The van der Waals surface area contributed by atoms with Crippen molar-refractivity contribution in [3.8, 4) is 6.07 Å². The van der Waals surface area contributed by atoms with Gasteiger partial charge in [0.05, 0.1) is 24.2 Å². The Balaban J connectivity index is 0.00000338. The zero-order chi connectivity index (χ0) is 18.2. The first kappa shape index (κ1) is 21.8. The Kier molecular flexibility index (Phi) is 8.99. The number of hydrogen-bond acceptors (Lipinski definition) is 2. The summed E-state index contributed by atoms with van der Waals surface area (Å²) in [7, 11) is 0. The largest absolute Gasteiger partial charge is 0.357 e. The van der Waals surface area contributed by atoms with Crippen molar-refractivity contribution in [2.45, 2.75) is 26.4 Å². The van der Waals surface area contributed by atoms with Crippen molar-refractivity contribution in [3.63, 3.8) is 0 Å². The number of halogens is 3. The molecule has 0 bridgehead atoms. The molecule has 0 radical (unpaired) electrons. The minimum atomic E-state index is -0.605. The van der Waals surface area contributed by atoms with Crippen LogP contribution in [0.25, 0.3) is 0 Å². The van der Waals surface area contributed by atoms with Gasteiger partial charge in [-0.15, -0.1) is 24.0 Å². The molecule has 7 heteroatoms. The normalized spacial score (nSPS) is 11.9. The van der Waals surface area contributed by atoms with E-state index in [9.17, 15) is 8.78 Å². The molecule has 0 aliphatic rings. The lowest BCUT2D eigenvalue weighted by atomic mass is 10.1. The standard InChI is InChI=1S/C19H20F2N4.HI/c1-3-23-19(24-12-15-6-4-5-14(9-15)11-22)25-13(2)17-8-7-16(20)10-18(17)21;/h4-10,13H,3,12H2,1-2H3,(H2,23,24,25);1H. The monoisotopic (exact) mass is 470 g/mol. The molecule has 0 heterocycles. The zero-order valence-corrected chi connectivity index (χ0v) is 16.9. The minimum absolute atomic E-state index is 0. The molecule has 0 saturated heterocycles. The van der Waals surface area contributed by atoms with Crippen LogP contribution in [0.2, 0.25) is 0 Å². The van der Waals surface area contributed by atoms with Crippen molar-refractivity contribution >= 4 is 29.9 Å². The molecule has 0 amide bonds. The van der Waals surface area contributed by atoms with Gasteiger partial charge >= 0.3 is 0 Å². The highest BCUT2D eigenvalue weighted by atomic mass is 127. The fourth-order valence-corrected chi connectivity index (χ4v) is 2.37. The van der Waals surface area contributed by atoms with E-state index in [2.05, 4.69) is 21.7 Å². The molecule has 0 aliphatic carbocycles. The summed E-state index contributed by atoms with van der Waals surface area (Å²) in [6.07, 6.45) is 0. The smallest absolute Gasteiger partial charge is 0.192 e. The highest BCUT2D eigenvalue weighted by Gasteiger charge is 2.13. The van der Waals surface area contributed by atoms with Crippen molar-refractivity contribution in [1.82, 2.24) is 10.6 Å². The maximum atomic E-state index is 13.9. The second kappa shape index (κ2) is 10.7. The molecule has 2 N–H and O–H groups in total. The van der Waals surface area contributed by atoms with Gasteiger partial charge in [-0.2, -0.15) is 5.26 Å². The van der Waals surface area contributed by atoms with Crippen LogP contribution in [0.5, 0.6) is 0 Å². The van der Waals surface area contributed by atoms with Gasteiger partial charge in [-0.3, -0.25) is 0 Å². The summed E-state index contributed by atoms with van der Waals surface area (Å²) in [5.41, 5.74) is 1.84. The molecule has 0 aromatic heterocycles. The van der Waals surface area contributed by atoms with Gasteiger partial charge < -0.3 is 10.6 Å². The first-order chi connectivity index (χ1) is 12.0. The summed E-state index contributed by atoms with van der Waals surface area (Å²) in [5, 5.41) is 15.1. The number of rotatable bonds is 5. The first-order valence-electron chi connectivity index (χ1n) is 8.02. The van der Waals surface area contributed by atoms with Crippen LogP contribution in [0, 0.1) is 23.0 Å². The number of benzene rings is 2. The summed E-state index contributed by atoms with van der Waals surface area (Å²) >= 11 is 0. The van der Waals surface area contributed by atoms with Gasteiger partial charge in [-0.1, -0.05) is 18.2 Å². The molecule has 1 atom stereocenters. The Morgan fingerprint density at radius 3 is 2.65 bits per heavy atom. The third kappa shape index (κ3) is 6.26. The van der Waals surface area contributed by atoms with Crippen LogP contribution in [-0.4, -0.2) is 12.5 Å². The highest BCUT2D eigenvalue weighted by Crippen LogP contribution is 2.17.